The van der Waals surface area contributed by atoms with E-state index in [1.807, 2.05) is 0 Å². The maximum Gasteiger partial charge on any atom is 0.187 e. The normalized spacial score (nSPS) is 46.1. The average Bonchev–Trinajstić information content (AvgIpc) is 2.58. The molecule has 0 aliphatic carbocycles. The van der Waals surface area contributed by atoms with Gasteiger partial charge < -0.3 is 55.1 Å². The maximum absolute atomic E-state index is 9.92. The summed E-state index contributed by atoms with van der Waals surface area (Å²) in [5.74, 6) is 0. The molecule has 0 aromatic heterocycles. The van der Waals surface area contributed by atoms with Gasteiger partial charge in [0, 0.05) is 13.5 Å². The summed E-state index contributed by atoms with van der Waals surface area (Å²) >= 11 is 0. The molecular weight excluding hydrogens is 332 g/mol. The van der Waals surface area contributed by atoms with Gasteiger partial charge in [0.2, 0.25) is 0 Å². The summed E-state index contributed by atoms with van der Waals surface area (Å²) < 4.78 is 15.5. The Morgan fingerprint density at radius 3 is 1.96 bits per heavy atom. The number of aliphatic hydroxyl groups excluding tert-OH is 8. The number of aliphatic hydroxyl groups is 8. The van der Waals surface area contributed by atoms with Gasteiger partial charge in [-0.3, -0.25) is 0 Å². The second-order valence-corrected chi connectivity index (χ2v) is 5.41. The van der Waals surface area contributed by atoms with Crippen molar-refractivity contribution in [2.75, 3.05) is 20.3 Å². The molecule has 2 fully saturated rings. The van der Waals surface area contributed by atoms with E-state index >= 15 is 0 Å². The quantitative estimate of drug-likeness (QED) is 0.241. The highest BCUT2D eigenvalue weighted by atomic mass is 16.7. The van der Waals surface area contributed by atoms with Gasteiger partial charge in [0.15, 0.2) is 12.6 Å². The maximum atomic E-state index is 9.92. The third kappa shape index (κ3) is 4.80. The van der Waals surface area contributed by atoms with Crippen molar-refractivity contribution in [3.8, 4) is 0 Å². The summed E-state index contributed by atoms with van der Waals surface area (Å²) in [6, 6.07) is 0. The molecule has 11 nitrogen and oxygen atoms in total. The monoisotopic (exact) mass is 358 g/mol. The van der Waals surface area contributed by atoms with Crippen LogP contribution in [0.1, 0.15) is 6.42 Å². The van der Waals surface area contributed by atoms with Crippen LogP contribution in [0.2, 0.25) is 0 Å². The Labute approximate surface area is 138 Å². The fourth-order valence-corrected chi connectivity index (χ4v) is 2.58. The zero-order chi connectivity index (χ0) is 18.4. The van der Waals surface area contributed by atoms with Crippen molar-refractivity contribution in [3.05, 3.63) is 0 Å². The Hall–Kier alpha value is -0.440. The molecule has 2 heterocycles. The van der Waals surface area contributed by atoms with Crippen molar-refractivity contribution >= 4 is 0 Å². The predicted octanol–water partition coefficient (Wildman–Crippen LogP) is -4.76. The molecular formula is C13H26O11. The van der Waals surface area contributed by atoms with Crippen LogP contribution >= 0.6 is 0 Å². The lowest BCUT2D eigenvalue weighted by molar-refractivity contribution is -0.342. The van der Waals surface area contributed by atoms with E-state index < -0.39 is 68.5 Å². The van der Waals surface area contributed by atoms with Crippen LogP contribution in [-0.2, 0) is 14.2 Å². The molecule has 11 heteroatoms. The summed E-state index contributed by atoms with van der Waals surface area (Å²) in [5.41, 5.74) is 0. The predicted molar refractivity (Wildman–Crippen MR) is 75.4 cm³/mol. The molecule has 4 unspecified atom stereocenters. The van der Waals surface area contributed by atoms with E-state index in [1.54, 1.807) is 0 Å². The third-order valence-corrected chi connectivity index (χ3v) is 3.84. The largest absolute Gasteiger partial charge is 0.400 e. The van der Waals surface area contributed by atoms with Crippen molar-refractivity contribution in [1.29, 1.82) is 0 Å². The molecule has 9 atom stereocenters. The van der Waals surface area contributed by atoms with Crippen LogP contribution in [0.4, 0.5) is 0 Å². The Kier molecular flexibility index (Phi) is 8.90. The van der Waals surface area contributed by atoms with Crippen molar-refractivity contribution in [2.45, 2.75) is 61.7 Å². The molecule has 2 saturated heterocycles. The Morgan fingerprint density at radius 2 is 1.42 bits per heavy atom. The first-order valence-corrected chi connectivity index (χ1v) is 7.42. The molecule has 0 aromatic rings. The van der Waals surface area contributed by atoms with E-state index in [1.165, 1.54) is 0 Å². The Balaban J connectivity index is 0.00000139. The highest BCUT2D eigenvalue weighted by molar-refractivity contribution is 4.91. The molecule has 0 radical (unpaired) electrons. The summed E-state index contributed by atoms with van der Waals surface area (Å²) in [5, 5.41) is 73.8. The minimum atomic E-state index is -1.63. The van der Waals surface area contributed by atoms with E-state index in [4.69, 9.17) is 24.4 Å². The van der Waals surface area contributed by atoms with Gasteiger partial charge in [-0.2, -0.15) is 0 Å². The smallest absolute Gasteiger partial charge is 0.187 e. The third-order valence-electron chi connectivity index (χ3n) is 3.84. The molecule has 2 aliphatic rings. The highest BCUT2D eigenvalue weighted by Crippen LogP contribution is 2.28. The minimum absolute atomic E-state index is 0.168. The van der Waals surface area contributed by atoms with Gasteiger partial charge in [0.05, 0.1) is 19.3 Å². The first-order valence-electron chi connectivity index (χ1n) is 7.42. The fourth-order valence-electron chi connectivity index (χ4n) is 2.58. The molecule has 0 bridgehead atoms. The molecule has 0 aromatic carbocycles. The molecule has 2 rings (SSSR count). The van der Waals surface area contributed by atoms with Crippen LogP contribution < -0.4 is 0 Å². The summed E-state index contributed by atoms with van der Waals surface area (Å²) in [6.07, 6.45) is -12.2. The lowest BCUT2D eigenvalue weighted by atomic mass is 9.98. The second kappa shape index (κ2) is 9.89. The van der Waals surface area contributed by atoms with Crippen LogP contribution in [-0.4, -0.2) is 116 Å². The Bertz CT molecular complexity index is 355. The van der Waals surface area contributed by atoms with Gasteiger partial charge in [-0.05, 0) is 0 Å². The minimum Gasteiger partial charge on any atom is -0.400 e. The van der Waals surface area contributed by atoms with E-state index in [-0.39, 0.29) is 6.42 Å². The number of ether oxygens (including phenoxy) is 3. The summed E-state index contributed by atoms with van der Waals surface area (Å²) in [6.45, 7) is -1.17. The van der Waals surface area contributed by atoms with Gasteiger partial charge in [0.25, 0.3) is 0 Å². The van der Waals surface area contributed by atoms with Gasteiger partial charge in [0.1, 0.15) is 36.6 Å². The molecule has 144 valence electrons. The van der Waals surface area contributed by atoms with Gasteiger partial charge in [-0.15, -0.1) is 0 Å². The summed E-state index contributed by atoms with van der Waals surface area (Å²) in [4.78, 5) is 0. The standard InChI is InChI=1S/C12H22O10.CH4O/c13-2-5-8(17)9(18)10(19)12(21-5)22-11-4(15)1-7(16)20-6(11)3-14;1-2/h4-19H,1-3H2;2H,1H3/t4-,5?,6?,7?,8+,9-,10?,11+,12-;/m1./s1. The zero-order valence-corrected chi connectivity index (χ0v) is 13.1. The molecule has 0 amide bonds. The van der Waals surface area contributed by atoms with Crippen LogP contribution in [0.3, 0.4) is 0 Å². The first-order chi connectivity index (χ1) is 11.4. The van der Waals surface area contributed by atoms with Gasteiger partial charge in [-0.1, -0.05) is 0 Å². The Morgan fingerprint density at radius 1 is 0.833 bits per heavy atom. The molecule has 8 N–H and O–H groups in total. The summed E-state index contributed by atoms with van der Waals surface area (Å²) in [7, 11) is 1.00. The molecule has 2 aliphatic heterocycles. The van der Waals surface area contributed by atoms with Gasteiger partial charge >= 0.3 is 0 Å². The first kappa shape index (κ1) is 21.6. The van der Waals surface area contributed by atoms with E-state index in [0.29, 0.717) is 0 Å². The van der Waals surface area contributed by atoms with Crippen molar-refractivity contribution < 1.29 is 55.1 Å². The van der Waals surface area contributed by atoms with E-state index in [9.17, 15) is 30.6 Å². The lowest BCUT2D eigenvalue weighted by Crippen LogP contribution is -2.62. The SMILES string of the molecule is CO.OCC1OC(O)C[C@@H](O)[C@@H]1O[C@H]1OC(CO)[C@H](O)[C@@H](O)C1O. The lowest BCUT2D eigenvalue weighted by Gasteiger charge is -2.44. The van der Waals surface area contributed by atoms with Gasteiger partial charge in [-0.25, -0.2) is 0 Å². The van der Waals surface area contributed by atoms with E-state index in [0.717, 1.165) is 7.11 Å². The molecule has 0 saturated carbocycles. The van der Waals surface area contributed by atoms with Crippen molar-refractivity contribution in [2.24, 2.45) is 0 Å². The van der Waals surface area contributed by atoms with Crippen molar-refractivity contribution in [1.82, 2.24) is 0 Å². The topological polar surface area (TPSA) is 190 Å². The van der Waals surface area contributed by atoms with Crippen LogP contribution in [0.5, 0.6) is 0 Å². The highest BCUT2D eigenvalue weighted by Gasteiger charge is 2.47. The molecule has 24 heavy (non-hydrogen) atoms. The second-order valence-electron chi connectivity index (χ2n) is 5.41. The van der Waals surface area contributed by atoms with Crippen LogP contribution in [0.15, 0.2) is 0 Å². The van der Waals surface area contributed by atoms with Crippen LogP contribution in [0, 0.1) is 0 Å². The average molecular weight is 358 g/mol. The zero-order valence-electron chi connectivity index (χ0n) is 13.1. The van der Waals surface area contributed by atoms with Crippen LogP contribution in [0.25, 0.3) is 0 Å². The van der Waals surface area contributed by atoms with Crippen molar-refractivity contribution in [3.63, 3.8) is 0 Å². The number of hydrogen-bond donors (Lipinski definition) is 8. The fraction of sp³-hybridized carbons (Fsp3) is 1.00. The number of rotatable bonds is 4. The molecule has 0 spiro atoms. The number of hydrogen-bond acceptors (Lipinski definition) is 11. The van der Waals surface area contributed by atoms with E-state index in [2.05, 4.69) is 0 Å².